The fourth-order valence-electron chi connectivity index (χ4n) is 1.65. The molecule has 0 aliphatic carbocycles. The van der Waals surface area contributed by atoms with Gasteiger partial charge in [-0.25, -0.2) is 4.79 Å². The van der Waals surface area contributed by atoms with Crippen LogP contribution in [0.4, 0.5) is 13.2 Å². The summed E-state index contributed by atoms with van der Waals surface area (Å²) >= 11 is 3.01. The quantitative estimate of drug-likeness (QED) is 0.914. The molecule has 0 radical (unpaired) electrons. The zero-order valence-electron chi connectivity index (χ0n) is 9.32. The molecule has 2 rings (SSSR count). The summed E-state index contributed by atoms with van der Waals surface area (Å²) in [5, 5.41) is 12.3. The van der Waals surface area contributed by atoms with Crippen LogP contribution in [-0.4, -0.2) is 27.8 Å². The van der Waals surface area contributed by atoms with E-state index >= 15 is 0 Å². The number of carboxylic acids is 1. The third-order valence-electron chi connectivity index (χ3n) is 2.38. The second kappa shape index (κ2) is 4.41. The van der Waals surface area contributed by atoms with E-state index in [1.165, 1.54) is 19.2 Å². The van der Waals surface area contributed by atoms with Gasteiger partial charge in [-0.1, -0.05) is 0 Å². The predicted octanol–water partition coefficient (Wildman–Crippen LogP) is 2.82. The Balaban J connectivity index is 2.96. The van der Waals surface area contributed by atoms with E-state index in [0.29, 0.717) is 0 Å². The minimum Gasteiger partial charge on any atom is -0.481 e. The standard InChI is InChI=1S/C10H6BrF3N2O3/c1-19-5-3-2-4(11)7-6(9(17)18)8(10(12,13)14)15-16(5)7/h2-3H,1H3,(H,17,18). The number of alkyl halides is 3. The molecule has 0 fully saturated rings. The highest BCUT2D eigenvalue weighted by Crippen LogP contribution is 2.36. The van der Waals surface area contributed by atoms with Gasteiger partial charge in [-0.05, 0) is 22.0 Å². The van der Waals surface area contributed by atoms with Crippen molar-refractivity contribution in [3.63, 3.8) is 0 Å². The zero-order chi connectivity index (χ0) is 14.4. The van der Waals surface area contributed by atoms with Gasteiger partial charge >= 0.3 is 12.1 Å². The van der Waals surface area contributed by atoms with Crippen LogP contribution >= 0.6 is 15.9 Å². The first-order valence-corrected chi connectivity index (χ1v) is 5.62. The van der Waals surface area contributed by atoms with Crippen LogP contribution in [0, 0.1) is 0 Å². The van der Waals surface area contributed by atoms with E-state index in [-0.39, 0.29) is 15.9 Å². The van der Waals surface area contributed by atoms with E-state index in [0.717, 1.165) is 4.52 Å². The second-order valence-electron chi connectivity index (χ2n) is 3.51. The monoisotopic (exact) mass is 338 g/mol. The summed E-state index contributed by atoms with van der Waals surface area (Å²) in [5.74, 6) is -1.72. The predicted molar refractivity (Wildman–Crippen MR) is 61.4 cm³/mol. The number of aromatic carboxylic acids is 1. The molecule has 1 N–H and O–H groups in total. The van der Waals surface area contributed by atoms with Crippen LogP contribution in [0.5, 0.6) is 5.88 Å². The molecule has 0 saturated carbocycles. The lowest BCUT2D eigenvalue weighted by molar-refractivity contribution is -0.141. The average molecular weight is 339 g/mol. The molecule has 0 aliphatic heterocycles. The van der Waals surface area contributed by atoms with Gasteiger partial charge in [-0.3, -0.25) is 0 Å². The molecular weight excluding hydrogens is 333 g/mol. The maximum atomic E-state index is 12.8. The third-order valence-corrected chi connectivity index (χ3v) is 3.02. The Bertz CT molecular complexity index is 666. The van der Waals surface area contributed by atoms with Crippen molar-refractivity contribution in [2.75, 3.05) is 7.11 Å². The molecule has 0 spiro atoms. The summed E-state index contributed by atoms with van der Waals surface area (Å²) in [5.41, 5.74) is -2.59. The van der Waals surface area contributed by atoms with E-state index in [2.05, 4.69) is 21.0 Å². The number of carbonyl (C=O) groups is 1. The van der Waals surface area contributed by atoms with Crippen LogP contribution in [0.2, 0.25) is 0 Å². The van der Waals surface area contributed by atoms with E-state index in [1.54, 1.807) is 0 Å². The second-order valence-corrected chi connectivity index (χ2v) is 4.36. The van der Waals surface area contributed by atoms with Crippen molar-refractivity contribution < 1.29 is 27.8 Å². The zero-order valence-corrected chi connectivity index (χ0v) is 10.9. The third kappa shape index (κ3) is 2.14. The highest BCUT2D eigenvalue weighted by molar-refractivity contribution is 9.10. The lowest BCUT2D eigenvalue weighted by atomic mass is 10.2. The summed E-state index contributed by atoms with van der Waals surface area (Å²) in [7, 11) is 1.25. The molecule has 102 valence electrons. The highest BCUT2D eigenvalue weighted by Gasteiger charge is 2.41. The van der Waals surface area contributed by atoms with E-state index in [4.69, 9.17) is 9.84 Å². The normalized spacial score (nSPS) is 11.8. The fourth-order valence-corrected chi connectivity index (χ4v) is 2.15. The van der Waals surface area contributed by atoms with Crippen molar-refractivity contribution >= 4 is 27.4 Å². The van der Waals surface area contributed by atoms with Crippen LogP contribution in [0.25, 0.3) is 5.52 Å². The number of pyridine rings is 1. The number of rotatable bonds is 2. The Labute approximate surface area is 112 Å². The van der Waals surface area contributed by atoms with Crippen molar-refractivity contribution in [3.05, 3.63) is 27.9 Å². The Morgan fingerprint density at radius 1 is 1.47 bits per heavy atom. The SMILES string of the molecule is COc1ccc(Br)c2c(C(=O)O)c(C(F)(F)F)nn12. The fraction of sp³-hybridized carbons (Fsp3) is 0.200. The molecule has 5 nitrogen and oxygen atoms in total. The number of methoxy groups -OCH3 is 1. The molecule has 0 unspecified atom stereocenters. The van der Waals surface area contributed by atoms with Gasteiger partial charge in [-0.2, -0.15) is 22.8 Å². The van der Waals surface area contributed by atoms with Gasteiger partial charge in [0.05, 0.1) is 12.6 Å². The molecule has 0 atom stereocenters. The molecule has 2 heterocycles. The molecule has 0 bridgehead atoms. The number of fused-ring (bicyclic) bond motifs is 1. The Kier molecular flexibility index (Phi) is 3.17. The lowest BCUT2D eigenvalue weighted by Gasteiger charge is -2.04. The topological polar surface area (TPSA) is 63.8 Å². The van der Waals surface area contributed by atoms with Gasteiger partial charge in [-0.15, -0.1) is 0 Å². The number of ether oxygens (including phenoxy) is 1. The van der Waals surface area contributed by atoms with Crippen molar-refractivity contribution in [2.45, 2.75) is 6.18 Å². The van der Waals surface area contributed by atoms with Crippen molar-refractivity contribution in [1.82, 2.24) is 9.61 Å². The average Bonchev–Trinajstić information content (AvgIpc) is 2.70. The summed E-state index contributed by atoms with van der Waals surface area (Å²) < 4.78 is 44.3. The first-order valence-electron chi connectivity index (χ1n) is 4.83. The van der Waals surface area contributed by atoms with Gasteiger partial charge < -0.3 is 9.84 Å². The van der Waals surface area contributed by atoms with Gasteiger partial charge in [0.15, 0.2) is 5.69 Å². The molecule has 19 heavy (non-hydrogen) atoms. The number of hydrogen-bond donors (Lipinski definition) is 1. The first kappa shape index (κ1) is 13.7. The first-order chi connectivity index (χ1) is 8.77. The minimum absolute atomic E-state index is 0.00352. The largest absolute Gasteiger partial charge is 0.481 e. The van der Waals surface area contributed by atoms with Gasteiger partial charge in [0, 0.05) is 10.5 Å². The van der Waals surface area contributed by atoms with Crippen LogP contribution in [0.1, 0.15) is 16.1 Å². The summed E-state index contributed by atoms with van der Waals surface area (Å²) in [6.07, 6.45) is -4.87. The van der Waals surface area contributed by atoms with Gasteiger partial charge in [0.25, 0.3) is 0 Å². The Morgan fingerprint density at radius 3 is 2.58 bits per heavy atom. The molecule has 0 saturated heterocycles. The molecule has 2 aromatic rings. The van der Waals surface area contributed by atoms with Crippen molar-refractivity contribution in [2.24, 2.45) is 0 Å². The highest BCUT2D eigenvalue weighted by atomic mass is 79.9. The van der Waals surface area contributed by atoms with Crippen LogP contribution in [0.15, 0.2) is 16.6 Å². The molecule has 2 aromatic heterocycles. The smallest absolute Gasteiger partial charge is 0.436 e. The van der Waals surface area contributed by atoms with Crippen LogP contribution in [0.3, 0.4) is 0 Å². The number of hydrogen-bond acceptors (Lipinski definition) is 3. The van der Waals surface area contributed by atoms with Crippen LogP contribution < -0.4 is 4.74 Å². The van der Waals surface area contributed by atoms with E-state index < -0.39 is 23.4 Å². The van der Waals surface area contributed by atoms with E-state index in [9.17, 15) is 18.0 Å². The van der Waals surface area contributed by atoms with E-state index in [1.807, 2.05) is 0 Å². The van der Waals surface area contributed by atoms with Crippen molar-refractivity contribution in [3.8, 4) is 5.88 Å². The molecule has 9 heteroatoms. The summed E-state index contributed by atoms with van der Waals surface area (Å²) in [6.45, 7) is 0. The minimum atomic E-state index is -4.87. The summed E-state index contributed by atoms with van der Waals surface area (Å²) in [6, 6.07) is 2.76. The number of nitrogens with zero attached hydrogens (tertiary/aromatic N) is 2. The van der Waals surface area contributed by atoms with Crippen molar-refractivity contribution in [1.29, 1.82) is 0 Å². The van der Waals surface area contributed by atoms with Gasteiger partial charge in [0.1, 0.15) is 5.56 Å². The number of halogens is 4. The molecule has 0 amide bonds. The Morgan fingerprint density at radius 2 is 2.11 bits per heavy atom. The van der Waals surface area contributed by atoms with Gasteiger partial charge in [0.2, 0.25) is 5.88 Å². The number of aromatic nitrogens is 2. The maximum Gasteiger partial charge on any atom is 0.436 e. The molecule has 0 aliphatic rings. The maximum absolute atomic E-state index is 12.8. The van der Waals surface area contributed by atoms with Crippen LogP contribution in [-0.2, 0) is 6.18 Å². The molecule has 0 aromatic carbocycles. The number of carboxylic acid groups (broad SMARTS) is 1. The Hall–Kier alpha value is -1.77. The lowest BCUT2D eigenvalue weighted by Crippen LogP contribution is -2.12. The summed E-state index contributed by atoms with van der Waals surface area (Å²) in [4.78, 5) is 11.1. The molecular formula is C10H6BrF3N2O3.